The maximum atomic E-state index is 11.7. The number of nitrogens with two attached hydrogens (primary N) is 1. The Morgan fingerprint density at radius 2 is 2.28 bits per heavy atom. The number of aromatic nitrogens is 3. The smallest absolute Gasteiger partial charge is 0.247 e. The van der Waals surface area contributed by atoms with Crippen LogP contribution in [0.5, 0.6) is 0 Å². The first-order valence-corrected chi connectivity index (χ1v) is 6.06. The van der Waals surface area contributed by atoms with Crippen LogP contribution in [0.3, 0.4) is 0 Å². The Bertz CT molecular complexity index is 581. The van der Waals surface area contributed by atoms with E-state index in [1.165, 1.54) is 4.68 Å². The van der Waals surface area contributed by atoms with Gasteiger partial charge in [-0.05, 0) is 41.1 Å². The number of nitrogens with one attached hydrogen (secondary N) is 1. The summed E-state index contributed by atoms with van der Waals surface area (Å²) in [4.78, 5) is 15.9. The van der Waals surface area contributed by atoms with Crippen molar-refractivity contribution in [1.82, 2.24) is 14.8 Å². The van der Waals surface area contributed by atoms with Gasteiger partial charge < -0.3 is 11.1 Å². The van der Waals surface area contributed by atoms with Crippen molar-refractivity contribution in [3.8, 4) is 0 Å². The molecule has 94 valence electrons. The predicted octanol–water partition coefficient (Wildman–Crippen LogP) is 1.57. The van der Waals surface area contributed by atoms with Crippen LogP contribution in [0.15, 0.2) is 28.9 Å². The maximum Gasteiger partial charge on any atom is 0.247 e. The van der Waals surface area contributed by atoms with Crippen molar-refractivity contribution < 1.29 is 4.79 Å². The van der Waals surface area contributed by atoms with Crippen LogP contribution in [0.4, 0.5) is 11.6 Å². The molecule has 2 aromatic rings. The third-order valence-electron chi connectivity index (χ3n) is 2.26. The molecule has 0 saturated heterocycles. The molecule has 0 unspecified atom stereocenters. The molecule has 2 heterocycles. The van der Waals surface area contributed by atoms with Gasteiger partial charge in [-0.2, -0.15) is 5.10 Å². The number of hydrogen-bond donors (Lipinski definition) is 2. The van der Waals surface area contributed by atoms with Gasteiger partial charge in [-0.25, -0.2) is 4.98 Å². The van der Waals surface area contributed by atoms with Gasteiger partial charge in [0.1, 0.15) is 18.2 Å². The van der Waals surface area contributed by atoms with E-state index in [-0.39, 0.29) is 12.5 Å². The van der Waals surface area contributed by atoms with Crippen molar-refractivity contribution in [2.75, 3.05) is 11.1 Å². The van der Waals surface area contributed by atoms with Crippen molar-refractivity contribution in [3.05, 3.63) is 34.6 Å². The van der Waals surface area contributed by atoms with E-state index >= 15 is 0 Å². The Kier molecular flexibility index (Phi) is 3.61. The zero-order valence-corrected chi connectivity index (χ0v) is 11.3. The van der Waals surface area contributed by atoms with Gasteiger partial charge in [0.2, 0.25) is 5.91 Å². The molecule has 2 aromatic heterocycles. The van der Waals surface area contributed by atoms with E-state index in [0.717, 1.165) is 10.2 Å². The minimum absolute atomic E-state index is 0.105. The van der Waals surface area contributed by atoms with Gasteiger partial charge in [0.15, 0.2) is 0 Å². The van der Waals surface area contributed by atoms with E-state index in [4.69, 9.17) is 5.73 Å². The fraction of sp³-hybridized carbons (Fsp3) is 0.182. The number of carbonyl (C=O) groups is 1. The molecule has 2 rings (SSSR count). The number of carbonyl (C=O) groups excluding carboxylic acids is 1. The quantitative estimate of drug-likeness (QED) is 0.901. The number of rotatable bonds is 3. The highest BCUT2D eigenvalue weighted by atomic mass is 79.9. The van der Waals surface area contributed by atoms with Gasteiger partial charge in [0.05, 0.1) is 5.69 Å². The Morgan fingerprint density at radius 3 is 2.89 bits per heavy atom. The number of amides is 1. The van der Waals surface area contributed by atoms with E-state index in [1.54, 1.807) is 18.3 Å². The molecule has 0 aromatic carbocycles. The lowest BCUT2D eigenvalue weighted by Crippen LogP contribution is -2.19. The van der Waals surface area contributed by atoms with Gasteiger partial charge in [0, 0.05) is 10.7 Å². The highest BCUT2D eigenvalue weighted by molar-refractivity contribution is 9.10. The number of hydrogen-bond acceptors (Lipinski definition) is 4. The summed E-state index contributed by atoms with van der Waals surface area (Å²) in [6.45, 7) is 1.96. The number of nitrogen functional groups attached to an aromatic ring is 1. The molecule has 0 aliphatic rings. The molecule has 0 spiro atoms. The summed E-state index contributed by atoms with van der Waals surface area (Å²) >= 11 is 3.35. The second-order valence-corrected chi connectivity index (χ2v) is 4.60. The standard InChI is InChI=1S/C11H12BrN5O/c1-7-8(12)2-3-10(14-7)15-11(18)6-17-5-4-9(13)16-17/h2-5H,6H2,1H3,(H2,13,16)(H,14,15,18). The normalized spacial score (nSPS) is 10.3. The number of pyridine rings is 1. The zero-order valence-electron chi connectivity index (χ0n) is 9.72. The monoisotopic (exact) mass is 309 g/mol. The van der Waals surface area contributed by atoms with Crippen LogP contribution in [0.25, 0.3) is 0 Å². The van der Waals surface area contributed by atoms with E-state index < -0.39 is 0 Å². The highest BCUT2D eigenvalue weighted by Gasteiger charge is 2.06. The van der Waals surface area contributed by atoms with Crippen LogP contribution in [0, 0.1) is 6.92 Å². The second-order valence-electron chi connectivity index (χ2n) is 3.75. The highest BCUT2D eigenvalue weighted by Crippen LogP contribution is 2.16. The Morgan fingerprint density at radius 1 is 1.50 bits per heavy atom. The molecule has 0 saturated carbocycles. The average Bonchev–Trinajstić information content (AvgIpc) is 2.69. The molecule has 7 heteroatoms. The second kappa shape index (κ2) is 5.18. The summed E-state index contributed by atoms with van der Waals surface area (Å²) in [6, 6.07) is 5.20. The van der Waals surface area contributed by atoms with Crippen molar-refractivity contribution in [2.24, 2.45) is 0 Å². The largest absolute Gasteiger partial charge is 0.382 e. The minimum Gasteiger partial charge on any atom is -0.382 e. The number of anilines is 2. The fourth-order valence-corrected chi connectivity index (χ4v) is 1.63. The maximum absolute atomic E-state index is 11.7. The molecule has 0 radical (unpaired) electrons. The molecule has 0 bridgehead atoms. The van der Waals surface area contributed by atoms with Crippen LogP contribution in [0.2, 0.25) is 0 Å². The summed E-state index contributed by atoms with van der Waals surface area (Å²) in [5, 5.41) is 6.62. The summed E-state index contributed by atoms with van der Waals surface area (Å²) in [7, 11) is 0. The molecule has 0 fully saturated rings. The van der Waals surface area contributed by atoms with Gasteiger partial charge in [-0.1, -0.05) is 0 Å². The Hall–Kier alpha value is -1.89. The third-order valence-corrected chi connectivity index (χ3v) is 3.09. The lowest BCUT2D eigenvalue weighted by Gasteiger charge is -2.06. The van der Waals surface area contributed by atoms with Crippen LogP contribution < -0.4 is 11.1 Å². The fourth-order valence-electron chi connectivity index (χ4n) is 1.41. The van der Waals surface area contributed by atoms with Gasteiger partial charge in [-0.15, -0.1) is 0 Å². The molecular weight excluding hydrogens is 298 g/mol. The van der Waals surface area contributed by atoms with Gasteiger partial charge in [-0.3, -0.25) is 9.48 Å². The first kappa shape index (κ1) is 12.6. The molecule has 0 aliphatic heterocycles. The first-order valence-electron chi connectivity index (χ1n) is 5.26. The molecule has 1 amide bonds. The van der Waals surface area contributed by atoms with E-state index in [2.05, 4.69) is 31.3 Å². The lowest BCUT2D eigenvalue weighted by molar-refractivity contribution is -0.116. The van der Waals surface area contributed by atoms with E-state index in [1.807, 2.05) is 13.0 Å². The SMILES string of the molecule is Cc1nc(NC(=O)Cn2ccc(N)n2)ccc1Br. The van der Waals surface area contributed by atoms with Crippen molar-refractivity contribution in [1.29, 1.82) is 0 Å². The molecule has 0 aliphatic carbocycles. The molecular formula is C11H12BrN5O. The lowest BCUT2D eigenvalue weighted by atomic mass is 10.3. The summed E-state index contributed by atoms with van der Waals surface area (Å²) in [6.07, 6.45) is 1.65. The van der Waals surface area contributed by atoms with Crippen LogP contribution in [-0.4, -0.2) is 20.7 Å². The van der Waals surface area contributed by atoms with E-state index in [0.29, 0.717) is 11.6 Å². The number of halogens is 1. The summed E-state index contributed by atoms with van der Waals surface area (Å²) in [5.41, 5.74) is 6.28. The van der Waals surface area contributed by atoms with E-state index in [9.17, 15) is 4.79 Å². The zero-order chi connectivity index (χ0) is 13.1. The van der Waals surface area contributed by atoms with Crippen LogP contribution >= 0.6 is 15.9 Å². The number of aryl methyl sites for hydroxylation is 1. The van der Waals surface area contributed by atoms with Gasteiger partial charge >= 0.3 is 0 Å². The Balaban J connectivity index is 2.00. The summed E-state index contributed by atoms with van der Waals surface area (Å²) in [5.74, 6) is 0.702. The van der Waals surface area contributed by atoms with Crippen molar-refractivity contribution in [3.63, 3.8) is 0 Å². The minimum atomic E-state index is -0.202. The molecule has 3 N–H and O–H groups in total. The average molecular weight is 310 g/mol. The Labute approximate surface area is 112 Å². The number of nitrogens with zero attached hydrogens (tertiary/aromatic N) is 3. The topological polar surface area (TPSA) is 85.8 Å². The van der Waals surface area contributed by atoms with Crippen LogP contribution in [0.1, 0.15) is 5.69 Å². The molecule has 18 heavy (non-hydrogen) atoms. The molecule has 0 atom stereocenters. The van der Waals surface area contributed by atoms with Crippen molar-refractivity contribution >= 4 is 33.5 Å². The van der Waals surface area contributed by atoms with Crippen molar-refractivity contribution in [2.45, 2.75) is 13.5 Å². The summed E-state index contributed by atoms with van der Waals surface area (Å²) < 4.78 is 2.37. The molecule has 6 nitrogen and oxygen atoms in total. The first-order chi connectivity index (χ1) is 8.54. The van der Waals surface area contributed by atoms with Gasteiger partial charge in [0.25, 0.3) is 0 Å². The van der Waals surface area contributed by atoms with Crippen LogP contribution in [-0.2, 0) is 11.3 Å². The third kappa shape index (κ3) is 3.07. The predicted molar refractivity (Wildman–Crippen MR) is 71.9 cm³/mol.